The van der Waals surface area contributed by atoms with Crippen LogP contribution in [0.15, 0.2) is 0 Å². The minimum absolute atomic E-state index is 0.0699. The molecular formula is C13H26N2O2. The van der Waals surface area contributed by atoms with Gasteiger partial charge in [0, 0.05) is 13.1 Å². The number of hydrogen-bond acceptors (Lipinski definition) is 3. The van der Waals surface area contributed by atoms with Crippen LogP contribution in [0.25, 0.3) is 0 Å². The Morgan fingerprint density at radius 2 is 2.18 bits per heavy atom. The molecule has 0 radical (unpaired) electrons. The highest BCUT2D eigenvalue weighted by molar-refractivity contribution is 5.81. The topological polar surface area (TPSA) is 50.4 Å². The molecule has 2 N–H and O–H groups in total. The summed E-state index contributed by atoms with van der Waals surface area (Å²) < 4.78 is 5.25. The lowest BCUT2D eigenvalue weighted by atomic mass is 9.90. The van der Waals surface area contributed by atoms with Crippen molar-refractivity contribution in [3.05, 3.63) is 0 Å². The largest absolute Gasteiger partial charge is 0.378 e. The summed E-state index contributed by atoms with van der Waals surface area (Å²) in [5.74, 6) is 0.0699. The number of ether oxygens (including phenoxy) is 1. The van der Waals surface area contributed by atoms with E-state index in [-0.39, 0.29) is 11.9 Å². The van der Waals surface area contributed by atoms with Gasteiger partial charge in [0.05, 0.1) is 13.2 Å². The first-order valence-electron chi connectivity index (χ1n) is 6.58. The van der Waals surface area contributed by atoms with E-state index in [4.69, 9.17) is 4.74 Å². The van der Waals surface area contributed by atoms with Crippen LogP contribution in [0.4, 0.5) is 0 Å². The zero-order chi connectivity index (χ0) is 12.7. The Morgan fingerprint density at radius 3 is 2.76 bits per heavy atom. The molecule has 4 nitrogen and oxygen atoms in total. The smallest absolute Gasteiger partial charge is 0.239 e. The van der Waals surface area contributed by atoms with E-state index in [1.54, 1.807) is 0 Å². The maximum absolute atomic E-state index is 11.7. The molecule has 0 aromatic heterocycles. The number of carbonyl (C=O) groups is 1. The molecule has 1 aliphatic rings. The van der Waals surface area contributed by atoms with Gasteiger partial charge in [-0.1, -0.05) is 27.2 Å². The highest BCUT2D eigenvalue weighted by Crippen LogP contribution is 2.21. The van der Waals surface area contributed by atoms with Crippen LogP contribution in [0.1, 0.15) is 40.0 Å². The average molecular weight is 242 g/mol. The zero-order valence-corrected chi connectivity index (χ0v) is 11.3. The second-order valence-corrected chi connectivity index (χ2v) is 5.89. The summed E-state index contributed by atoms with van der Waals surface area (Å²) in [6, 6.07) is -0.161. The Hall–Kier alpha value is -0.610. The molecule has 1 heterocycles. The summed E-state index contributed by atoms with van der Waals surface area (Å²) in [7, 11) is 0. The van der Waals surface area contributed by atoms with Gasteiger partial charge in [-0.25, -0.2) is 0 Å². The van der Waals surface area contributed by atoms with Crippen molar-refractivity contribution in [2.45, 2.75) is 46.1 Å². The van der Waals surface area contributed by atoms with Crippen LogP contribution >= 0.6 is 0 Å². The van der Waals surface area contributed by atoms with Crippen LogP contribution in [0.3, 0.4) is 0 Å². The summed E-state index contributed by atoms with van der Waals surface area (Å²) in [6.45, 7) is 9.47. The van der Waals surface area contributed by atoms with Crippen molar-refractivity contribution in [2.24, 2.45) is 5.41 Å². The Bertz CT molecular complexity index is 230. The Morgan fingerprint density at radius 1 is 1.41 bits per heavy atom. The van der Waals surface area contributed by atoms with Crippen LogP contribution in [0, 0.1) is 5.41 Å². The fourth-order valence-electron chi connectivity index (χ4n) is 1.85. The van der Waals surface area contributed by atoms with Gasteiger partial charge in [0.1, 0.15) is 6.04 Å². The van der Waals surface area contributed by atoms with E-state index in [2.05, 4.69) is 31.4 Å². The normalized spacial score (nSPS) is 21.2. The summed E-state index contributed by atoms with van der Waals surface area (Å²) in [5, 5.41) is 6.10. The van der Waals surface area contributed by atoms with Gasteiger partial charge in [-0.05, 0) is 18.3 Å². The number of morpholine rings is 1. The highest BCUT2D eigenvalue weighted by atomic mass is 16.5. The molecule has 1 rings (SSSR count). The van der Waals surface area contributed by atoms with Crippen LogP contribution in [0.2, 0.25) is 0 Å². The SMILES string of the molecule is CC(C)(C)CCCCNC(=O)C1COCCN1. The molecule has 17 heavy (non-hydrogen) atoms. The highest BCUT2D eigenvalue weighted by Gasteiger charge is 2.20. The maximum Gasteiger partial charge on any atom is 0.239 e. The second-order valence-electron chi connectivity index (χ2n) is 5.89. The van der Waals surface area contributed by atoms with E-state index in [9.17, 15) is 4.79 Å². The zero-order valence-electron chi connectivity index (χ0n) is 11.3. The minimum atomic E-state index is -0.161. The second kappa shape index (κ2) is 6.97. The Kier molecular flexibility index (Phi) is 5.92. The van der Waals surface area contributed by atoms with Crippen LogP contribution < -0.4 is 10.6 Å². The van der Waals surface area contributed by atoms with E-state index in [0.717, 1.165) is 19.5 Å². The van der Waals surface area contributed by atoms with Gasteiger partial charge in [-0.3, -0.25) is 4.79 Å². The number of carbonyl (C=O) groups excluding carboxylic acids is 1. The monoisotopic (exact) mass is 242 g/mol. The number of hydrogen-bond donors (Lipinski definition) is 2. The molecule has 1 unspecified atom stereocenters. The van der Waals surface area contributed by atoms with E-state index < -0.39 is 0 Å². The van der Waals surface area contributed by atoms with Crippen LogP contribution in [-0.4, -0.2) is 38.3 Å². The molecule has 0 spiro atoms. The summed E-state index contributed by atoms with van der Waals surface area (Å²) in [4.78, 5) is 11.7. The van der Waals surface area contributed by atoms with Crippen molar-refractivity contribution in [1.82, 2.24) is 10.6 Å². The summed E-state index contributed by atoms with van der Waals surface area (Å²) >= 11 is 0. The van der Waals surface area contributed by atoms with Crippen LogP contribution in [0.5, 0.6) is 0 Å². The third-order valence-corrected chi connectivity index (χ3v) is 2.89. The van der Waals surface area contributed by atoms with Gasteiger partial charge >= 0.3 is 0 Å². The maximum atomic E-state index is 11.7. The average Bonchev–Trinajstić information content (AvgIpc) is 2.28. The fraction of sp³-hybridized carbons (Fsp3) is 0.923. The molecule has 0 bridgehead atoms. The lowest BCUT2D eigenvalue weighted by Crippen LogP contribution is -2.51. The predicted molar refractivity (Wildman–Crippen MR) is 68.9 cm³/mol. The molecular weight excluding hydrogens is 216 g/mol. The molecule has 1 aliphatic heterocycles. The third kappa shape index (κ3) is 6.64. The van der Waals surface area contributed by atoms with Crippen LogP contribution in [-0.2, 0) is 9.53 Å². The first-order valence-corrected chi connectivity index (χ1v) is 6.58. The minimum Gasteiger partial charge on any atom is -0.378 e. The molecule has 1 fully saturated rings. The number of unbranched alkanes of at least 4 members (excludes halogenated alkanes) is 1. The van der Waals surface area contributed by atoms with Crippen molar-refractivity contribution in [1.29, 1.82) is 0 Å². The predicted octanol–water partition coefficient (Wildman–Crippen LogP) is 1.31. The van der Waals surface area contributed by atoms with Gasteiger partial charge < -0.3 is 15.4 Å². The standard InChI is InChI=1S/C13H26N2O2/c1-13(2,3)6-4-5-7-15-12(16)11-10-17-9-8-14-11/h11,14H,4-10H2,1-3H3,(H,15,16). The van der Waals surface area contributed by atoms with Crippen molar-refractivity contribution in [3.8, 4) is 0 Å². The number of nitrogens with one attached hydrogen (secondary N) is 2. The molecule has 1 saturated heterocycles. The third-order valence-electron chi connectivity index (χ3n) is 2.89. The fourth-order valence-corrected chi connectivity index (χ4v) is 1.85. The number of amides is 1. The first-order chi connectivity index (χ1) is 7.99. The van der Waals surface area contributed by atoms with Crippen molar-refractivity contribution in [2.75, 3.05) is 26.3 Å². The van der Waals surface area contributed by atoms with Gasteiger partial charge in [0.15, 0.2) is 0 Å². The lowest BCUT2D eigenvalue weighted by molar-refractivity contribution is -0.125. The first kappa shape index (κ1) is 14.5. The summed E-state index contributed by atoms with van der Waals surface area (Å²) in [5.41, 5.74) is 0.392. The van der Waals surface area contributed by atoms with Crippen molar-refractivity contribution in [3.63, 3.8) is 0 Å². The quantitative estimate of drug-likeness (QED) is 0.715. The van der Waals surface area contributed by atoms with E-state index >= 15 is 0 Å². The molecule has 0 aromatic rings. The molecule has 1 amide bonds. The molecule has 0 aromatic carbocycles. The molecule has 100 valence electrons. The van der Waals surface area contributed by atoms with Gasteiger partial charge in [0.2, 0.25) is 5.91 Å². The van der Waals surface area contributed by atoms with Gasteiger partial charge in [0.25, 0.3) is 0 Å². The summed E-state index contributed by atoms with van der Waals surface area (Å²) in [6.07, 6.45) is 3.42. The Labute approximate surface area is 104 Å². The van der Waals surface area contributed by atoms with Gasteiger partial charge in [-0.2, -0.15) is 0 Å². The Balaban J connectivity index is 2.04. The molecule has 1 atom stereocenters. The lowest BCUT2D eigenvalue weighted by Gasteiger charge is -2.23. The van der Waals surface area contributed by atoms with E-state index in [1.165, 1.54) is 12.8 Å². The molecule has 0 saturated carbocycles. The number of rotatable bonds is 5. The molecule has 4 heteroatoms. The van der Waals surface area contributed by atoms with E-state index in [0.29, 0.717) is 18.6 Å². The van der Waals surface area contributed by atoms with Gasteiger partial charge in [-0.15, -0.1) is 0 Å². The van der Waals surface area contributed by atoms with Crippen molar-refractivity contribution < 1.29 is 9.53 Å². The van der Waals surface area contributed by atoms with Crippen molar-refractivity contribution >= 4 is 5.91 Å². The van der Waals surface area contributed by atoms with E-state index in [1.807, 2.05) is 0 Å². The molecule has 0 aliphatic carbocycles.